The Hall–Kier alpha value is -6.32. The SMILES string of the molecule is CC1Oc2ccn3ncc(c3n2)C(=O)NCCOc2ccc(F)cc21.C[C@H]1Oc2ccn3ncc(c3n2)C(=O)NCCOc2ccc(F)cc21. The van der Waals surface area contributed by atoms with Crippen molar-refractivity contribution in [3.63, 3.8) is 0 Å². The lowest BCUT2D eigenvalue weighted by Gasteiger charge is -2.18. The fourth-order valence-electron chi connectivity index (χ4n) is 5.42. The van der Waals surface area contributed by atoms with Crippen LogP contribution in [0.1, 0.15) is 57.9 Å². The topological polar surface area (TPSA) is 156 Å². The van der Waals surface area contributed by atoms with Crippen molar-refractivity contribution in [3.05, 3.63) is 107 Å². The molecule has 2 N–H and O–H groups in total. The lowest BCUT2D eigenvalue weighted by atomic mass is 10.1. The van der Waals surface area contributed by atoms with Gasteiger partial charge >= 0.3 is 0 Å². The van der Waals surface area contributed by atoms with Crippen LogP contribution in [0.4, 0.5) is 8.78 Å². The molecule has 2 aliphatic rings. The molecule has 8 rings (SSSR count). The highest BCUT2D eigenvalue weighted by molar-refractivity contribution is 6.00. The molecule has 2 amide bonds. The molecule has 2 atom stereocenters. The van der Waals surface area contributed by atoms with Gasteiger partial charge < -0.3 is 29.6 Å². The molecule has 4 bridgehead atoms. The number of nitrogens with zero attached hydrogens (tertiary/aromatic N) is 6. The summed E-state index contributed by atoms with van der Waals surface area (Å²) in [5.74, 6) is 0.282. The first-order valence-corrected chi connectivity index (χ1v) is 15.7. The van der Waals surface area contributed by atoms with Crippen LogP contribution in [0.2, 0.25) is 0 Å². The van der Waals surface area contributed by atoms with Gasteiger partial charge in [-0.25, -0.2) is 17.8 Å². The van der Waals surface area contributed by atoms with Gasteiger partial charge in [0, 0.05) is 35.7 Å². The summed E-state index contributed by atoms with van der Waals surface area (Å²) in [5.41, 5.74) is 2.62. The molecular weight excluding hydrogens is 654 g/mol. The Morgan fingerprint density at radius 2 is 1.12 bits per heavy atom. The Morgan fingerprint density at radius 3 is 1.56 bits per heavy atom. The third-order valence-electron chi connectivity index (χ3n) is 7.88. The summed E-state index contributed by atoms with van der Waals surface area (Å²) in [6, 6.07) is 11.8. The number of carbonyl (C=O) groups is 2. The largest absolute Gasteiger partial charge is 0.491 e. The Bertz CT molecular complexity index is 2070. The summed E-state index contributed by atoms with van der Waals surface area (Å²) in [7, 11) is 0. The molecule has 0 aliphatic carbocycles. The minimum Gasteiger partial charge on any atom is -0.491 e. The summed E-state index contributed by atoms with van der Waals surface area (Å²) in [6.07, 6.45) is 5.24. The van der Waals surface area contributed by atoms with Crippen LogP contribution in [0.5, 0.6) is 23.3 Å². The molecule has 256 valence electrons. The van der Waals surface area contributed by atoms with Crippen molar-refractivity contribution in [1.82, 2.24) is 39.8 Å². The van der Waals surface area contributed by atoms with E-state index in [4.69, 9.17) is 18.9 Å². The number of hydrogen-bond acceptors (Lipinski definition) is 10. The second-order valence-electron chi connectivity index (χ2n) is 11.3. The summed E-state index contributed by atoms with van der Waals surface area (Å²) in [5, 5.41) is 13.7. The average molecular weight is 685 g/mol. The third-order valence-corrected chi connectivity index (χ3v) is 7.88. The maximum atomic E-state index is 13.7. The Morgan fingerprint density at radius 1 is 0.680 bits per heavy atom. The lowest BCUT2D eigenvalue weighted by molar-refractivity contribution is 0.0940. The molecule has 0 saturated carbocycles. The number of halogens is 2. The van der Waals surface area contributed by atoms with E-state index in [2.05, 4.69) is 30.8 Å². The maximum Gasteiger partial charge on any atom is 0.256 e. The zero-order valence-electron chi connectivity index (χ0n) is 26.8. The van der Waals surface area contributed by atoms with Gasteiger partial charge in [0.2, 0.25) is 11.8 Å². The van der Waals surface area contributed by atoms with Gasteiger partial charge in [0.25, 0.3) is 11.8 Å². The van der Waals surface area contributed by atoms with Gasteiger partial charge in [-0.1, -0.05) is 0 Å². The van der Waals surface area contributed by atoms with Crippen molar-refractivity contribution in [1.29, 1.82) is 0 Å². The Balaban J connectivity index is 0.000000157. The monoisotopic (exact) mass is 684 g/mol. The van der Waals surface area contributed by atoms with Crippen LogP contribution in [-0.2, 0) is 0 Å². The smallest absolute Gasteiger partial charge is 0.256 e. The van der Waals surface area contributed by atoms with Crippen LogP contribution in [-0.4, -0.2) is 67.3 Å². The minimum absolute atomic E-state index is 0.243. The molecule has 0 radical (unpaired) electrons. The number of aromatic nitrogens is 6. The molecule has 2 aliphatic heterocycles. The van der Waals surface area contributed by atoms with Gasteiger partial charge in [-0.05, 0) is 50.2 Å². The molecule has 14 nitrogen and oxygen atoms in total. The maximum absolute atomic E-state index is 13.7. The lowest BCUT2D eigenvalue weighted by Crippen LogP contribution is -2.28. The van der Waals surface area contributed by atoms with Crippen molar-refractivity contribution in [2.24, 2.45) is 0 Å². The van der Waals surface area contributed by atoms with Crippen LogP contribution >= 0.6 is 0 Å². The second-order valence-corrected chi connectivity index (χ2v) is 11.3. The van der Waals surface area contributed by atoms with Crippen LogP contribution < -0.4 is 29.6 Å². The van der Waals surface area contributed by atoms with E-state index in [0.29, 0.717) is 69.9 Å². The quantitative estimate of drug-likeness (QED) is 0.237. The average Bonchev–Trinajstić information content (AvgIpc) is 3.73. The van der Waals surface area contributed by atoms with E-state index in [1.54, 1.807) is 50.5 Å². The van der Waals surface area contributed by atoms with Crippen molar-refractivity contribution in [2.75, 3.05) is 26.3 Å². The summed E-state index contributed by atoms with van der Waals surface area (Å²) in [6.45, 7) is 4.64. The van der Waals surface area contributed by atoms with Gasteiger partial charge in [0.05, 0.1) is 25.5 Å². The summed E-state index contributed by atoms with van der Waals surface area (Å²) in [4.78, 5) is 33.3. The van der Waals surface area contributed by atoms with E-state index >= 15 is 0 Å². The van der Waals surface area contributed by atoms with Gasteiger partial charge in [-0.2, -0.15) is 20.2 Å². The standard InChI is InChI=1S/2C17H15FN4O3/c2*1-10-12-8-11(18)2-3-14(12)24-7-5-19-17(23)13-9-20-22-6-4-15(25-10)21-16(13)22/h2*2-4,6,8-10H,5,7H2,1H3,(H,19,23)/t10-;/m1./s1. The van der Waals surface area contributed by atoms with Gasteiger partial charge in [-0.3, -0.25) is 9.59 Å². The van der Waals surface area contributed by atoms with Crippen molar-refractivity contribution >= 4 is 23.1 Å². The molecule has 2 aromatic carbocycles. The highest BCUT2D eigenvalue weighted by Gasteiger charge is 2.21. The van der Waals surface area contributed by atoms with E-state index in [1.807, 2.05) is 0 Å². The number of amides is 2. The molecule has 1 unspecified atom stereocenters. The predicted molar refractivity (Wildman–Crippen MR) is 173 cm³/mol. The number of hydrogen-bond donors (Lipinski definition) is 2. The molecule has 6 heterocycles. The normalized spacial score (nSPS) is 17.5. The fraction of sp³-hybridized carbons (Fsp3) is 0.235. The Labute approximate surface area is 283 Å². The zero-order chi connectivity index (χ0) is 34.8. The van der Waals surface area contributed by atoms with E-state index in [9.17, 15) is 18.4 Å². The molecule has 6 aromatic rings. The number of benzene rings is 2. The zero-order valence-corrected chi connectivity index (χ0v) is 26.8. The summed E-state index contributed by atoms with van der Waals surface area (Å²) >= 11 is 0. The second kappa shape index (κ2) is 13.7. The van der Waals surface area contributed by atoms with Gasteiger partial charge in [0.1, 0.15) is 59.7 Å². The number of rotatable bonds is 0. The van der Waals surface area contributed by atoms with E-state index in [0.717, 1.165) is 0 Å². The third kappa shape index (κ3) is 6.67. The molecule has 0 spiro atoms. The van der Waals surface area contributed by atoms with Crippen molar-refractivity contribution in [2.45, 2.75) is 26.1 Å². The van der Waals surface area contributed by atoms with Gasteiger partial charge in [0.15, 0.2) is 11.3 Å². The van der Waals surface area contributed by atoms with Crippen LogP contribution in [0, 0.1) is 11.6 Å². The predicted octanol–water partition coefficient (Wildman–Crippen LogP) is 4.26. The highest BCUT2D eigenvalue weighted by atomic mass is 19.1. The van der Waals surface area contributed by atoms with E-state index in [-0.39, 0.29) is 36.7 Å². The fourth-order valence-corrected chi connectivity index (χ4v) is 5.42. The van der Waals surface area contributed by atoms with Crippen LogP contribution in [0.15, 0.2) is 73.3 Å². The van der Waals surface area contributed by atoms with Crippen molar-refractivity contribution in [3.8, 4) is 23.3 Å². The molecule has 4 aromatic heterocycles. The Kier molecular flexibility index (Phi) is 8.81. The molecule has 0 saturated heterocycles. The van der Waals surface area contributed by atoms with Gasteiger partial charge in [-0.15, -0.1) is 0 Å². The first-order chi connectivity index (χ1) is 24.2. The first-order valence-electron chi connectivity index (χ1n) is 15.7. The molecule has 50 heavy (non-hydrogen) atoms. The van der Waals surface area contributed by atoms with E-state index in [1.165, 1.54) is 45.7 Å². The highest BCUT2D eigenvalue weighted by Crippen LogP contribution is 2.31. The number of fused-ring (bicyclic) bond motifs is 4. The minimum atomic E-state index is -0.489. The number of nitrogens with one attached hydrogen (secondary N) is 2. The molecule has 16 heteroatoms. The molecular formula is C34H30F2N8O6. The van der Waals surface area contributed by atoms with Crippen LogP contribution in [0.3, 0.4) is 0 Å². The van der Waals surface area contributed by atoms with E-state index < -0.39 is 12.2 Å². The number of ether oxygens (including phenoxy) is 4. The molecule has 0 fully saturated rings. The van der Waals surface area contributed by atoms with Crippen molar-refractivity contribution < 1.29 is 37.3 Å². The first kappa shape index (κ1) is 32.2. The summed E-state index contributed by atoms with van der Waals surface area (Å²) < 4.78 is 53.4. The van der Waals surface area contributed by atoms with Crippen LogP contribution in [0.25, 0.3) is 11.3 Å². The number of carbonyl (C=O) groups excluding carboxylic acids is 2.